The highest BCUT2D eigenvalue weighted by molar-refractivity contribution is 5.82. The van der Waals surface area contributed by atoms with Gasteiger partial charge in [-0.2, -0.15) is 0 Å². The molecule has 0 aromatic heterocycles. The van der Waals surface area contributed by atoms with Crippen LogP contribution in [0.15, 0.2) is 30.3 Å². The summed E-state index contributed by atoms with van der Waals surface area (Å²) >= 11 is 0. The summed E-state index contributed by atoms with van der Waals surface area (Å²) < 4.78 is 5.41. The number of carbonyl (C=O) groups excluding carboxylic acids is 1. The molecule has 1 aromatic rings. The second-order valence-corrected chi connectivity index (χ2v) is 4.57. The maximum absolute atomic E-state index is 12.1. The zero-order valence-corrected chi connectivity index (χ0v) is 11.3. The molecule has 0 aliphatic heterocycles. The molecule has 18 heavy (non-hydrogen) atoms. The summed E-state index contributed by atoms with van der Waals surface area (Å²) in [6.45, 7) is 5.02. The highest BCUT2D eigenvalue weighted by atomic mass is 16.5. The summed E-state index contributed by atoms with van der Waals surface area (Å²) in [6, 6.07) is 8.78. The van der Waals surface area contributed by atoms with E-state index >= 15 is 0 Å². The number of hydrogen-bond donors (Lipinski definition) is 1. The Morgan fingerprint density at radius 2 is 1.94 bits per heavy atom. The molecule has 0 radical (unpaired) electrons. The summed E-state index contributed by atoms with van der Waals surface area (Å²) in [5, 5.41) is 0. The van der Waals surface area contributed by atoms with E-state index in [-0.39, 0.29) is 12.0 Å². The Kier molecular flexibility index (Phi) is 5.82. The molecule has 1 aromatic carbocycles. The Labute approximate surface area is 109 Å². The van der Waals surface area contributed by atoms with Crippen LogP contribution in [0.3, 0.4) is 0 Å². The van der Waals surface area contributed by atoms with Crippen molar-refractivity contribution in [1.29, 1.82) is 0 Å². The molecular formula is C14H22N2O2. The molecular weight excluding hydrogens is 228 g/mol. The van der Waals surface area contributed by atoms with Gasteiger partial charge in [-0.15, -0.1) is 0 Å². The Balaban J connectivity index is 2.48. The molecule has 0 bridgehead atoms. The molecule has 0 fully saturated rings. The number of nitrogens with two attached hydrogens (primary N) is 1. The lowest BCUT2D eigenvalue weighted by Crippen LogP contribution is -2.37. The largest absolute Gasteiger partial charge is 0.377 e. The summed E-state index contributed by atoms with van der Waals surface area (Å²) in [7, 11) is 1.74. The van der Waals surface area contributed by atoms with Gasteiger partial charge in [0, 0.05) is 13.6 Å². The molecule has 1 atom stereocenters. The average Bonchev–Trinajstić information content (AvgIpc) is 2.37. The number of rotatable bonds is 6. The lowest BCUT2D eigenvalue weighted by atomic mass is 10.1. The van der Waals surface area contributed by atoms with Crippen LogP contribution in [0.4, 0.5) is 0 Å². The maximum atomic E-state index is 12.1. The monoisotopic (exact) mass is 250 g/mol. The van der Waals surface area contributed by atoms with Crippen molar-refractivity contribution in [3.05, 3.63) is 35.9 Å². The molecule has 1 rings (SSSR count). The number of nitrogens with zero attached hydrogens (tertiary/aromatic N) is 1. The normalized spacial score (nSPS) is 12.5. The van der Waals surface area contributed by atoms with Crippen LogP contribution in [0.2, 0.25) is 0 Å². The smallest absolute Gasteiger partial charge is 0.243 e. The molecule has 4 heteroatoms. The van der Waals surface area contributed by atoms with E-state index in [0.29, 0.717) is 13.2 Å². The highest BCUT2D eigenvalue weighted by Gasteiger charge is 2.19. The first kappa shape index (κ1) is 14.7. The quantitative estimate of drug-likeness (QED) is 0.833. The molecule has 0 saturated heterocycles. The first-order chi connectivity index (χ1) is 8.52. The van der Waals surface area contributed by atoms with Crippen molar-refractivity contribution in [3.63, 3.8) is 0 Å². The van der Waals surface area contributed by atoms with Crippen molar-refractivity contribution in [2.24, 2.45) is 5.73 Å². The van der Waals surface area contributed by atoms with Gasteiger partial charge < -0.3 is 15.4 Å². The van der Waals surface area contributed by atoms with Gasteiger partial charge in [-0.25, -0.2) is 0 Å². The first-order valence-electron chi connectivity index (χ1n) is 6.19. The van der Waals surface area contributed by atoms with E-state index in [9.17, 15) is 4.79 Å². The van der Waals surface area contributed by atoms with E-state index in [0.717, 1.165) is 5.56 Å². The molecule has 1 amide bonds. The van der Waals surface area contributed by atoms with E-state index < -0.39 is 6.04 Å². The minimum atomic E-state index is -0.602. The van der Waals surface area contributed by atoms with Gasteiger partial charge in [0.15, 0.2) is 0 Å². The molecule has 0 aliphatic rings. The maximum Gasteiger partial charge on any atom is 0.243 e. The van der Waals surface area contributed by atoms with Crippen molar-refractivity contribution in [3.8, 4) is 0 Å². The summed E-state index contributed by atoms with van der Waals surface area (Å²) in [5.41, 5.74) is 6.77. The van der Waals surface area contributed by atoms with Gasteiger partial charge in [0.2, 0.25) is 5.91 Å². The van der Waals surface area contributed by atoms with Crippen molar-refractivity contribution in [1.82, 2.24) is 4.90 Å². The van der Waals surface area contributed by atoms with Crippen LogP contribution in [0.1, 0.15) is 25.5 Å². The van der Waals surface area contributed by atoms with Gasteiger partial charge in [0.25, 0.3) is 0 Å². The minimum Gasteiger partial charge on any atom is -0.377 e. The Hall–Kier alpha value is -1.39. The van der Waals surface area contributed by atoms with Crippen molar-refractivity contribution in [2.75, 3.05) is 20.2 Å². The number of carbonyl (C=O) groups is 1. The third-order valence-electron chi connectivity index (χ3n) is 2.68. The molecule has 1 unspecified atom stereocenters. The van der Waals surface area contributed by atoms with Crippen LogP contribution in [0, 0.1) is 0 Å². The van der Waals surface area contributed by atoms with Gasteiger partial charge in [-0.05, 0) is 19.4 Å². The number of benzene rings is 1. The van der Waals surface area contributed by atoms with Crippen LogP contribution in [0.5, 0.6) is 0 Å². The number of hydrogen-bond acceptors (Lipinski definition) is 3. The molecule has 0 saturated carbocycles. The van der Waals surface area contributed by atoms with E-state index in [1.54, 1.807) is 11.9 Å². The van der Waals surface area contributed by atoms with Crippen LogP contribution >= 0.6 is 0 Å². The molecule has 100 valence electrons. The van der Waals surface area contributed by atoms with Gasteiger partial charge >= 0.3 is 0 Å². The molecule has 0 heterocycles. The van der Waals surface area contributed by atoms with Crippen LogP contribution in [-0.2, 0) is 9.53 Å². The van der Waals surface area contributed by atoms with Gasteiger partial charge in [-0.3, -0.25) is 4.79 Å². The zero-order chi connectivity index (χ0) is 13.5. The van der Waals surface area contributed by atoms with E-state index in [4.69, 9.17) is 10.5 Å². The molecule has 2 N–H and O–H groups in total. The van der Waals surface area contributed by atoms with Gasteiger partial charge in [0.05, 0.1) is 12.7 Å². The molecule has 4 nitrogen and oxygen atoms in total. The zero-order valence-electron chi connectivity index (χ0n) is 11.3. The van der Waals surface area contributed by atoms with Crippen molar-refractivity contribution >= 4 is 5.91 Å². The summed E-state index contributed by atoms with van der Waals surface area (Å²) in [5.74, 6) is -0.0893. The highest BCUT2D eigenvalue weighted by Crippen LogP contribution is 2.11. The third-order valence-corrected chi connectivity index (χ3v) is 2.68. The van der Waals surface area contributed by atoms with E-state index in [2.05, 4.69) is 0 Å². The van der Waals surface area contributed by atoms with Crippen LogP contribution in [-0.4, -0.2) is 37.1 Å². The average molecular weight is 250 g/mol. The fourth-order valence-corrected chi connectivity index (χ4v) is 1.58. The lowest BCUT2D eigenvalue weighted by molar-refractivity contribution is -0.132. The van der Waals surface area contributed by atoms with Gasteiger partial charge in [-0.1, -0.05) is 30.3 Å². The fraction of sp³-hybridized carbons (Fsp3) is 0.500. The number of likely N-dealkylation sites (N-methyl/N-ethyl adjacent to an activating group) is 1. The Bertz CT molecular complexity index is 365. The third kappa shape index (κ3) is 4.47. The lowest BCUT2D eigenvalue weighted by Gasteiger charge is -2.22. The van der Waals surface area contributed by atoms with Crippen molar-refractivity contribution in [2.45, 2.75) is 26.0 Å². The van der Waals surface area contributed by atoms with Crippen LogP contribution < -0.4 is 5.73 Å². The second kappa shape index (κ2) is 7.13. The molecule has 0 spiro atoms. The molecule has 0 aliphatic carbocycles. The number of amides is 1. The second-order valence-electron chi connectivity index (χ2n) is 4.57. The van der Waals surface area contributed by atoms with Crippen molar-refractivity contribution < 1.29 is 9.53 Å². The Morgan fingerprint density at radius 1 is 1.33 bits per heavy atom. The van der Waals surface area contributed by atoms with E-state index in [1.165, 1.54) is 0 Å². The van der Waals surface area contributed by atoms with Gasteiger partial charge in [0.1, 0.15) is 6.04 Å². The minimum absolute atomic E-state index is 0.0893. The SMILES string of the molecule is CC(C)OCCN(C)C(=O)C(N)c1ccccc1. The predicted octanol–water partition coefficient (Wildman–Crippen LogP) is 1.57. The topological polar surface area (TPSA) is 55.6 Å². The predicted molar refractivity (Wildman–Crippen MR) is 72.1 cm³/mol. The first-order valence-corrected chi connectivity index (χ1v) is 6.19. The van der Waals surface area contributed by atoms with E-state index in [1.807, 2.05) is 44.2 Å². The van der Waals surface area contributed by atoms with Crippen LogP contribution in [0.25, 0.3) is 0 Å². The summed E-state index contributed by atoms with van der Waals surface area (Å²) in [4.78, 5) is 13.7. The Morgan fingerprint density at radius 3 is 2.50 bits per heavy atom. The number of ether oxygens (including phenoxy) is 1. The standard InChI is InChI=1S/C14H22N2O2/c1-11(2)18-10-9-16(3)14(17)13(15)12-7-5-4-6-8-12/h4-8,11,13H,9-10,15H2,1-3H3. The fourth-order valence-electron chi connectivity index (χ4n) is 1.58. The summed E-state index contributed by atoms with van der Waals surface area (Å²) in [6.07, 6.45) is 0.177.